The van der Waals surface area contributed by atoms with E-state index in [4.69, 9.17) is 11.2 Å². The molecular formula is C15H25N3O3. The number of hydrogen-bond acceptors (Lipinski definition) is 3. The molecule has 0 aromatic rings. The maximum Gasteiger partial charge on any atom is 0.318 e. The second-order valence-corrected chi connectivity index (χ2v) is 5.49. The molecule has 0 radical (unpaired) electrons. The summed E-state index contributed by atoms with van der Waals surface area (Å²) in [6.45, 7) is 6.25. The van der Waals surface area contributed by atoms with Crippen molar-refractivity contribution in [3.05, 3.63) is 0 Å². The zero-order valence-corrected chi connectivity index (χ0v) is 13.1. The second-order valence-electron chi connectivity index (χ2n) is 5.49. The first-order valence-electron chi connectivity index (χ1n) is 7.27. The van der Waals surface area contributed by atoms with Gasteiger partial charge in [-0.3, -0.25) is 4.79 Å². The third kappa shape index (κ3) is 5.27. The molecular weight excluding hydrogens is 270 g/mol. The Hall–Kier alpha value is -1.74. The molecule has 6 nitrogen and oxygen atoms in total. The molecule has 1 aliphatic heterocycles. The Bertz CT molecular complexity index is 403. The highest BCUT2D eigenvalue weighted by Gasteiger charge is 2.26. The van der Waals surface area contributed by atoms with Crippen LogP contribution < -0.4 is 5.32 Å². The highest BCUT2D eigenvalue weighted by atomic mass is 16.5. The molecule has 3 amide bonds. The van der Waals surface area contributed by atoms with Crippen LogP contribution in [0.15, 0.2) is 0 Å². The summed E-state index contributed by atoms with van der Waals surface area (Å²) in [5.74, 6) is 2.66. The van der Waals surface area contributed by atoms with Gasteiger partial charge < -0.3 is 19.9 Å². The number of terminal acetylenes is 1. The largest absolute Gasteiger partial charge is 0.383 e. The lowest BCUT2D eigenvalue weighted by molar-refractivity contribution is -0.131. The lowest BCUT2D eigenvalue weighted by atomic mass is 10.1. The van der Waals surface area contributed by atoms with Crippen molar-refractivity contribution >= 4 is 11.9 Å². The molecule has 1 rings (SSSR count). The molecule has 1 atom stereocenters. The van der Waals surface area contributed by atoms with Crippen LogP contribution in [-0.4, -0.2) is 67.7 Å². The SMILES string of the molecule is C#CC(NC(=O)N1CCCN(CCOC)C(=O)C1)C(C)C. The molecule has 1 fully saturated rings. The molecule has 0 spiro atoms. The van der Waals surface area contributed by atoms with Crippen LogP contribution in [0.3, 0.4) is 0 Å². The third-order valence-electron chi connectivity index (χ3n) is 3.51. The van der Waals surface area contributed by atoms with Crippen LogP contribution in [0.5, 0.6) is 0 Å². The molecule has 1 saturated heterocycles. The van der Waals surface area contributed by atoms with Gasteiger partial charge in [-0.2, -0.15) is 0 Å². The molecule has 1 heterocycles. The number of rotatable bonds is 5. The van der Waals surface area contributed by atoms with E-state index in [1.165, 1.54) is 4.90 Å². The zero-order chi connectivity index (χ0) is 15.8. The Labute approximate surface area is 126 Å². The van der Waals surface area contributed by atoms with E-state index in [-0.39, 0.29) is 30.4 Å². The Morgan fingerprint density at radius 3 is 2.76 bits per heavy atom. The molecule has 0 aliphatic carbocycles. The monoisotopic (exact) mass is 295 g/mol. The number of carbonyl (C=O) groups excluding carboxylic acids is 2. The molecule has 118 valence electrons. The Kier molecular flexibility index (Phi) is 7.03. The van der Waals surface area contributed by atoms with Crippen LogP contribution >= 0.6 is 0 Å². The highest BCUT2D eigenvalue weighted by Crippen LogP contribution is 2.07. The minimum Gasteiger partial charge on any atom is -0.383 e. The van der Waals surface area contributed by atoms with Crippen molar-refractivity contribution in [3.8, 4) is 12.3 Å². The lowest BCUT2D eigenvalue weighted by Crippen LogP contribution is -2.48. The molecule has 0 aromatic heterocycles. The van der Waals surface area contributed by atoms with Gasteiger partial charge in [0.1, 0.15) is 6.54 Å². The first-order chi connectivity index (χ1) is 9.99. The molecule has 6 heteroatoms. The van der Waals surface area contributed by atoms with E-state index in [0.29, 0.717) is 26.2 Å². The molecule has 1 aliphatic rings. The summed E-state index contributed by atoms with van der Waals surface area (Å²) in [5.41, 5.74) is 0. The lowest BCUT2D eigenvalue weighted by Gasteiger charge is -2.24. The third-order valence-corrected chi connectivity index (χ3v) is 3.51. The summed E-state index contributed by atoms with van der Waals surface area (Å²) >= 11 is 0. The van der Waals surface area contributed by atoms with Crippen molar-refractivity contribution in [1.29, 1.82) is 0 Å². The predicted molar refractivity (Wildman–Crippen MR) is 80.6 cm³/mol. The van der Waals surface area contributed by atoms with E-state index in [2.05, 4.69) is 11.2 Å². The summed E-state index contributed by atoms with van der Waals surface area (Å²) in [6, 6.07) is -0.589. The number of nitrogens with one attached hydrogen (secondary N) is 1. The second kappa shape index (κ2) is 8.53. The van der Waals surface area contributed by atoms with E-state index in [0.717, 1.165) is 6.42 Å². The maximum atomic E-state index is 12.2. The van der Waals surface area contributed by atoms with Crippen molar-refractivity contribution in [2.24, 2.45) is 5.92 Å². The fourth-order valence-electron chi connectivity index (χ4n) is 2.16. The van der Waals surface area contributed by atoms with Gasteiger partial charge in [-0.1, -0.05) is 19.8 Å². The number of methoxy groups -OCH3 is 1. The average molecular weight is 295 g/mol. The van der Waals surface area contributed by atoms with Crippen molar-refractivity contribution in [1.82, 2.24) is 15.1 Å². The molecule has 1 unspecified atom stereocenters. The van der Waals surface area contributed by atoms with Crippen LogP contribution in [0, 0.1) is 18.3 Å². The van der Waals surface area contributed by atoms with Crippen LogP contribution in [-0.2, 0) is 9.53 Å². The molecule has 0 aromatic carbocycles. The van der Waals surface area contributed by atoms with E-state index in [1.54, 1.807) is 12.0 Å². The van der Waals surface area contributed by atoms with Gasteiger partial charge in [0.2, 0.25) is 5.91 Å². The summed E-state index contributed by atoms with van der Waals surface area (Å²) < 4.78 is 4.99. The summed E-state index contributed by atoms with van der Waals surface area (Å²) in [6.07, 6.45) is 6.17. The van der Waals surface area contributed by atoms with Gasteiger partial charge in [0, 0.05) is 26.7 Å². The fourth-order valence-corrected chi connectivity index (χ4v) is 2.16. The molecule has 21 heavy (non-hydrogen) atoms. The maximum absolute atomic E-state index is 12.2. The van der Waals surface area contributed by atoms with Crippen LogP contribution in [0.4, 0.5) is 4.79 Å². The number of hydrogen-bond donors (Lipinski definition) is 1. The first-order valence-corrected chi connectivity index (χ1v) is 7.27. The van der Waals surface area contributed by atoms with Crippen LogP contribution in [0.1, 0.15) is 20.3 Å². The van der Waals surface area contributed by atoms with Gasteiger partial charge in [-0.15, -0.1) is 6.42 Å². The van der Waals surface area contributed by atoms with Crippen LogP contribution in [0.25, 0.3) is 0 Å². The smallest absolute Gasteiger partial charge is 0.318 e. The van der Waals surface area contributed by atoms with E-state index >= 15 is 0 Å². The normalized spacial score (nSPS) is 17.4. The van der Waals surface area contributed by atoms with Gasteiger partial charge in [-0.25, -0.2) is 4.79 Å². The predicted octanol–water partition coefficient (Wildman–Crippen LogP) is 0.535. The average Bonchev–Trinajstić information content (AvgIpc) is 2.63. The van der Waals surface area contributed by atoms with E-state index < -0.39 is 0 Å². The van der Waals surface area contributed by atoms with Gasteiger partial charge >= 0.3 is 6.03 Å². The zero-order valence-electron chi connectivity index (χ0n) is 13.1. The molecule has 0 bridgehead atoms. The number of urea groups is 1. The number of nitrogens with zero attached hydrogens (tertiary/aromatic N) is 2. The van der Waals surface area contributed by atoms with Crippen LogP contribution in [0.2, 0.25) is 0 Å². The fraction of sp³-hybridized carbons (Fsp3) is 0.733. The van der Waals surface area contributed by atoms with Gasteiger partial charge in [0.05, 0.1) is 12.6 Å². The van der Waals surface area contributed by atoms with E-state index in [1.807, 2.05) is 13.8 Å². The van der Waals surface area contributed by atoms with E-state index in [9.17, 15) is 9.59 Å². The summed E-state index contributed by atoms with van der Waals surface area (Å²) in [4.78, 5) is 27.6. The minimum absolute atomic E-state index is 0.0542. The Morgan fingerprint density at radius 2 is 2.19 bits per heavy atom. The number of ether oxygens (including phenoxy) is 1. The van der Waals surface area contributed by atoms with Crippen molar-refractivity contribution in [2.45, 2.75) is 26.3 Å². The Morgan fingerprint density at radius 1 is 1.48 bits per heavy atom. The molecule has 1 N–H and O–H groups in total. The Balaban J connectivity index is 2.58. The minimum atomic E-state index is -0.319. The standard InChI is InChI=1S/C15H25N3O3/c1-5-13(12(2)3)16-15(20)18-8-6-7-17(9-10-21-4)14(19)11-18/h1,12-13H,6-11H2,2-4H3,(H,16,20). The molecule has 0 saturated carbocycles. The number of amides is 3. The summed E-state index contributed by atoms with van der Waals surface area (Å²) in [5, 5.41) is 2.80. The first kappa shape index (κ1) is 17.3. The number of carbonyl (C=O) groups is 2. The van der Waals surface area contributed by atoms with Gasteiger partial charge in [0.15, 0.2) is 0 Å². The summed E-state index contributed by atoms with van der Waals surface area (Å²) in [7, 11) is 1.61. The topological polar surface area (TPSA) is 61.9 Å². The van der Waals surface area contributed by atoms with Crippen molar-refractivity contribution in [2.75, 3.05) is 39.9 Å². The van der Waals surface area contributed by atoms with Gasteiger partial charge in [0.25, 0.3) is 0 Å². The van der Waals surface area contributed by atoms with Crippen molar-refractivity contribution < 1.29 is 14.3 Å². The van der Waals surface area contributed by atoms with Gasteiger partial charge in [-0.05, 0) is 12.3 Å². The highest BCUT2D eigenvalue weighted by molar-refractivity contribution is 5.84. The van der Waals surface area contributed by atoms with Crippen molar-refractivity contribution in [3.63, 3.8) is 0 Å². The quantitative estimate of drug-likeness (QED) is 0.753.